The van der Waals surface area contributed by atoms with Crippen LogP contribution in [-0.2, 0) is 7.05 Å². The summed E-state index contributed by atoms with van der Waals surface area (Å²) in [7, 11) is 1.74. The van der Waals surface area contributed by atoms with Gasteiger partial charge >= 0.3 is 0 Å². The van der Waals surface area contributed by atoms with Crippen molar-refractivity contribution in [1.82, 2.24) is 0 Å². The molecule has 0 aliphatic rings. The lowest BCUT2D eigenvalue weighted by Gasteiger charge is -2.08. The summed E-state index contributed by atoms with van der Waals surface area (Å²) in [5.74, 6) is 0. The molecular formula is C20H20N+. The third-order valence-corrected chi connectivity index (χ3v) is 3.68. The maximum absolute atomic E-state index is 8.23. The molecule has 104 valence electrons. The van der Waals surface area contributed by atoms with Crippen molar-refractivity contribution in [2.45, 2.75) is 13.8 Å². The van der Waals surface area contributed by atoms with Gasteiger partial charge in [0.15, 0.2) is 6.17 Å². The number of pyridine rings is 1. The van der Waals surface area contributed by atoms with Crippen LogP contribution >= 0.6 is 0 Å². The summed E-state index contributed by atoms with van der Waals surface area (Å²) >= 11 is 0. The van der Waals surface area contributed by atoms with E-state index >= 15 is 0 Å². The standard InChI is InChI=1S/C20H20N/c1-15-9-12-20(21(3)14-15)19-13-18(11-10-16(19)2)17-7-5-4-6-8-17/h4-14H,1-3H3/q+1/i1D3,14D. The van der Waals surface area contributed by atoms with Crippen LogP contribution in [0.15, 0.2) is 66.8 Å². The van der Waals surface area contributed by atoms with Gasteiger partial charge in [0.25, 0.3) is 0 Å². The van der Waals surface area contributed by atoms with Crippen molar-refractivity contribution in [1.29, 1.82) is 0 Å². The maximum atomic E-state index is 8.23. The zero-order chi connectivity index (χ0) is 18.2. The largest absolute Gasteiger partial charge is 0.212 e. The SMILES string of the molecule is [2H]c1c(C([2H])([2H])[2H])ccc(-c2cc(-c3ccccc3)ccc2C)[n+]1C. The molecule has 1 heteroatoms. The molecule has 3 aromatic rings. The molecule has 0 spiro atoms. The Morgan fingerprint density at radius 2 is 1.76 bits per heavy atom. The van der Waals surface area contributed by atoms with Crippen molar-refractivity contribution < 1.29 is 10.1 Å². The molecule has 0 aliphatic heterocycles. The number of aryl methyl sites for hydroxylation is 2. The van der Waals surface area contributed by atoms with Crippen LogP contribution in [0, 0.1) is 13.8 Å². The first-order chi connectivity index (χ1) is 11.8. The minimum absolute atomic E-state index is 0.0158. The minimum atomic E-state index is -2.28. The molecule has 0 fully saturated rings. The van der Waals surface area contributed by atoms with Gasteiger partial charge in [0.05, 0.1) is 0 Å². The molecule has 21 heavy (non-hydrogen) atoms. The Hall–Kier alpha value is -2.41. The Kier molecular flexibility index (Phi) is 2.50. The first-order valence-corrected chi connectivity index (χ1v) is 6.95. The summed E-state index contributed by atoms with van der Waals surface area (Å²) in [4.78, 5) is 0. The van der Waals surface area contributed by atoms with Crippen LogP contribution in [-0.4, -0.2) is 0 Å². The van der Waals surface area contributed by atoms with E-state index in [1.165, 1.54) is 0 Å². The highest BCUT2D eigenvalue weighted by molar-refractivity contribution is 5.72. The smallest absolute Gasteiger partial charge is 0.201 e. The molecule has 2 aromatic carbocycles. The molecule has 0 unspecified atom stereocenters. The van der Waals surface area contributed by atoms with Gasteiger partial charge in [-0.15, -0.1) is 0 Å². The third kappa shape index (κ3) is 2.73. The lowest BCUT2D eigenvalue weighted by atomic mass is 9.97. The van der Waals surface area contributed by atoms with Crippen LogP contribution in [0.4, 0.5) is 0 Å². The molecule has 0 aliphatic carbocycles. The first-order valence-electron chi connectivity index (χ1n) is 8.95. The van der Waals surface area contributed by atoms with E-state index in [-0.39, 0.29) is 11.7 Å². The number of aromatic nitrogens is 1. The summed E-state index contributed by atoms with van der Waals surface area (Å²) in [5, 5.41) is 0. The van der Waals surface area contributed by atoms with Crippen molar-refractivity contribution in [2.75, 3.05) is 0 Å². The fourth-order valence-electron chi connectivity index (χ4n) is 2.53. The lowest BCUT2D eigenvalue weighted by molar-refractivity contribution is -0.660. The molecule has 1 heterocycles. The van der Waals surface area contributed by atoms with Crippen LogP contribution in [0.2, 0.25) is 0 Å². The van der Waals surface area contributed by atoms with E-state index in [1.807, 2.05) is 25.1 Å². The average Bonchev–Trinajstić information content (AvgIpc) is 2.58. The van der Waals surface area contributed by atoms with E-state index in [9.17, 15) is 0 Å². The Bertz CT molecular complexity index is 915. The predicted molar refractivity (Wildman–Crippen MR) is 88.0 cm³/mol. The van der Waals surface area contributed by atoms with Crippen LogP contribution < -0.4 is 4.57 Å². The van der Waals surface area contributed by atoms with Crippen molar-refractivity contribution >= 4 is 0 Å². The van der Waals surface area contributed by atoms with Gasteiger partial charge in [-0.1, -0.05) is 42.5 Å². The molecular weight excluding hydrogens is 254 g/mol. The zero-order valence-electron chi connectivity index (χ0n) is 16.2. The van der Waals surface area contributed by atoms with Crippen LogP contribution in [0.3, 0.4) is 0 Å². The first kappa shape index (κ1) is 9.51. The topological polar surface area (TPSA) is 3.88 Å². The van der Waals surface area contributed by atoms with Crippen molar-refractivity contribution in [3.05, 3.63) is 78.0 Å². The van der Waals surface area contributed by atoms with Crippen LogP contribution in [0.25, 0.3) is 22.4 Å². The molecule has 1 aromatic heterocycles. The highest BCUT2D eigenvalue weighted by atomic mass is 14.9. The predicted octanol–water partition coefficient (Wildman–Crippen LogP) is 4.46. The second-order valence-corrected chi connectivity index (χ2v) is 5.20. The van der Waals surface area contributed by atoms with Gasteiger partial charge in [0, 0.05) is 21.3 Å². The van der Waals surface area contributed by atoms with E-state index in [0.717, 1.165) is 27.9 Å². The summed E-state index contributed by atoms with van der Waals surface area (Å²) in [5.41, 5.74) is 5.18. The molecule has 3 rings (SSSR count). The normalized spacial score (nSPS) is 14.0. The summed E-state index contributed by atoms with van der Waals surface area (Å²) < 4.78 is 32.6. The fraction of sp³-hybridized carbons (Fsp3) is 0.150. The molecule has 0 atom stereocenters. The van der Waals surface area contributed by atoms with Crippen molar-refractivity contribution in [3.8, 4) is 22.4 Å². The molecule has 0 radical (unpaired) electrons. The summed E-state index contributed by atoms with van der Waals surface area (Å²) in [6.45, 7) is -0.264. The maximum Gasteiger partial charge on any atom is 0.212 e. The van der Waals surface area contributed by atoms with Gasteiger partial charge in [-0.05, 0) is 42.6 Å². The third-order valence-electron chi connectivity index (χ3n) is 3.68. The Labute approximate surface area is 132 Å². The lowest BCUT2D eigenvalue weighted by Crippen LogP contribution is -2.31. The van der Waals surface area contributed by atoms with Gasteiger partial charge in [0.1, 0.15) is 8.42 Å². The Morgan fingerprint density at radius 3 is 2.52 bits per heavy atom. The van der Waals surface area contributed by atoms with Gasteiger partial charge in [-0.2, -0.15) is 0 Å². The van der Waals surface area contributed by atoms with E-state index in [0.29, 0.717) is 0 Å². The number of nitrogens with zero attached hydrogens (tertiary/aromatic N) is 1. The summed E-state index contributed by atoms with van der Waals surface area (Å²) in [6.07, 6.45) is 0.0158. The number of hydrogen-bond acceptors (Lipinski definition) is 0. The van der Waals surface area contributed by atoms with Gasteiger partial charge in [0.2, 0.25) is 5.69 Å². The van der Waals surface area contributed by atoms with Crippen LogP contribution in [0.5, 0.6) is 0 Å². The van der Waals surface area contributed by atoms with Gasteiger partial charge < -0.3 is 0 Å². The van der Waals surface area contributed by atoms with Crippen LogP contribution in [0.1, 0.15) is 16.6 Å². The number of rotatable bonds is 2. The van der Waals surface area contributed by atoms with Gasteiger partial charge in [-0.3, -0.25) is 0 Å². The van der Waals surface area contributed by atoms with E-state index in [1.54, 1.807) is 23.7 Å². The molecule has 0 amide bonds. The second-order valence-electron chi connectivity index (χ2n) is 5.20. The molecule has 1 nitrogen and oxygen atoms in total. The Balaban J connectivity index is 2.16. The molecule has 0 bridgehead atoms. The number of hydrogen-bond donors (Lipinski definition) is 0. The Morgan fingerprint density at radius 1 is 0.952 bits per heavy atom. The summed E-state index contributed by atoms with van der Waals surface area (Å²) in [6, 6.07) is 19.7. The second kappa shape index (κ2) is 5.53. The highest BCUT2D eigenvalue weighted by Crippen LogP contribution is 2.27. The molecule has 0 N–H and O–H groups in total. The minimum Gasteiger partial charge on any atom is -0.201 e. The number of benzene rings is 2. The fourth-order valence-corrected chi connectivity index (χ4v) is 2.53. The van der Waals surface area contributed by atoms with Crippen molar-refractivity contribution in [2.24, 2.45) is 7.05 Å². The van der Waals surface area contributed by atoms with Crippen molar-refractivity contribution in [3.63, 3.8) is 0 Å². The van der Waals surface area contributed by atoms with E-state index < -0.39 is 6.85 Å². The molecule has 0 saturated heterocycles. The highest BCUT2D eigenvalue weighted by Gasteiger charge is 2.13. The van der Waals surface area contributed by atoms with E-state index in [2.05, 4.69) is 30.3 Å². The quantitative estimate of drug-likeness (QED) is 0.609. The zero-order valence-corrected chi connectivity index (χ0v) is 12.2. The van der Waals surface area contributed by atoms with Gasteiger partial charge in [-0.25, -0.2) is 4.57 Å². The van der Waals surface area contributed by atoms with E-state index in [4.69, 9.17) is 5.48 Å². The average molecular weight is 278 g/mol. The molecule has 0 saturated carbocycles. The monoisotopic (exact) mass is 278 g/mol.